The molecule has 1 aromatic carbocycles. The van der Waals surface area contributed by atoms with Crippen molar-refractivity contribution in [3.63, 3.8) is 0 Å². The third kappa shape index (κ3) is 21.8. The number of phenolic OH excluding ortho intramolecular Hbond substituents is 1. The van der Waals surface area contributed by atoms with Crippen LogP contribution in [0.15, 0.2) is 30.3 Å². The predicted molar refractivity (Wildman–Crippen MR) is 77.7 cm³/mol. The van der Waals surface area contributed by atoms with Gasteiger partial charge in [-0.1, -0.05) is 18.2 Å². The van der Waals surface area contributed by atoms with Crippen molar-refractivity contribution in [1.29, 1.82) is 0 Å². The van der Waals surface area contributed by atoms with Gasteiger partial charge in [0.25, 0.3) is 0 Å². The molecule has 2 rings (SSSR count). The highest BCUT2D eigenvalue weighted by atomic mass is 16.6. The Morgan fingerprint density at radius 1 is 1.20 bits per heavy atom. The zero-order valence-corrected chi connectivity index (χ0v) is 11.9. The molecule has 0 amide bonds. The highest BCUT2D eigenvalue weighted by molar-refractivity contribution is 5.18. The first kappa shape index (κ1) is 20.8. The van der Waals surface area contributed by atoms with Crippen molar-refractivity contribution < 1.29 is 24.9 Å². The molecule has 6 nitrogen and oxygen atoms in total. The Balaban J connectivity index is 0. The summed E-state index contributed by atoms with van der Waals surface area (Å²) in [6.45, 7) is 6.46. The predicted octanol–water partition coefficient (Wildman–Crippen LogP) is 0.173. The topological polar surface area (TPSA) is 102 Å². The highest BCUT2D eigenvalue weighted by Crippen LogP contribution is 2.04. The summed E-state index contributed by atoms with van der Waals surface area (Å²) < 4.78 is 4.71. The molecule has 0 bridgehead atoms. The van der Waals surface area contributed by atoms with Crippen LogP contribution in [0, 0.1) is 0 Å². The molecule has 1 aliphatic rings. The monoisotopic (exact) mass is 287 g/mol. The maximum Gasteiger partial charge on any atom is 0.115 e. The van der Waals surface area contributed by atoms with Gasteiger partial charge in [-0.05, 0) is 19.1 Å². The van der Waals surface area contributed by atoms with E-state index in [2.05, 4.69) is 12.2 Å². The number of phenols is 1. The van der Waals surface area contributed by atoms with Gasteiger partial charge in [-0.25, -0.2) is 0 Å². The van der Waals surface area contributed by atoms with E-state index in [1.165, 1.54) is 0 Å². The molecule has 1 saturated heterocycles. The van der Waals surface area contributed by atoms with Crippen LogP contribution in [0.4, 0.5) is 0 Å². The van der Waals surface area contributed by atoms with E-state index in [1.807, 2.05) is 12.9 Å². The second-order valence-electron chi connectivity index (χ2n) is 3.68. The van der Waals surface area contributed by atoms with E-state index in [0.29, 0.717) is 24.9 Å². The maximum absolute atomic E-state index is 8.63. The number of aliphatic hydroxyl groups excluding tert-OH is 2. The molecule has 0 aromatic heterocycles. The third-order valence-electron chi connectivity index (χ3n) is 1.83. The van der Waals surface area contributed by atoms with Crippen LogP contribution in [0.1, 0.15) is 6.92 Å². The lowest BCUT2D eigenvalue weighted by atomic mass is 10.3. The average molecular weight is 287 g/mol. The summed E-state index contributed by atoms with van der Waals surface area (Å²) in [5, 5.41) is 27.7. The van der Waals surface area contributed by atoms with Crippen LogP contribution in [-0.4, -0.2) is 61.1 Å². The standard InChI is InChI=1S/C6H6O.C4H11NO2.C3H6O.CH2O/c7-6-4-2-1-3-5-6;6-3-1-5-2-4-7;1-3-2-4-3;1-2/h1-5,7H;5-7H,1-4H2;3H,2H2,1H3;1H2. The number of aromatic hydroxyl groups is 1. The molecular formula is C14H25NO5. The molecule has 1 aromatic rings. The normalized spacial score (nSPS) is 14.4. The first-order chi connectivity index (χ1) is 9.70. The molecule has 0 aliphatic carbocycles. The van der Waals surface area contributed by atoms with Gasteiger partial charge >= 0.3 is 0 Å². The molecule has 0 radical (unpaired) electrons. The largest absolute Gasteiger partial charge is 0.508 e. The lowest BCUT2D eigenvalue weighted by Gasteiger charge is -1.94. The molecule has 20 heavy (non-hydrogen) atoms. The molecular weight excluding hydrogens is 262 g/mol. The number of carbonyl (C=O) groups excluding carboxylic acids is 1. The van der Waals surface area contributed by atoms with E-state index in [-0.39, 0.29) is 13.2 Å². The molecule has 1 fully saturated rings. The van der Waals surface area contributed by atoms with Crippen LogP contribution in [0.3, 0.4) is 0 Å². The van der Waals surface area contributed by atoms with E-state index in [9.17, 15) is 0 Å². The minimum atomic E-state index is 0.139. The van der Waals surface area contributed by atoms with Gasteiger partial charge < -0.3 is 30.2 Å². The number of epoxide rings is 1. The molecule has 1 unspecified atom stereocenters. The summed E-state index contributed by atoms with van der Waals surface area (Å²) >= 11 is 0. The Kier molecular flexibility index (Phi) is 18.3. The van der Waals surface area contributed by atoms with Gasteiger partial charge in [-0.3, -0.25) is 0 Å². The van der Waals surface area contributed by atoms with Crippen LogP contribution >= 0.6 is 0 Å². The maximum atomic E-state index is 8.63. The van der Waals surface area contributed by atoms with Gasteiger partial charge in [0.2, 0.25) is 0 Å². The smallest absolute Gasteiger partial charge is 0.115 e. The summed E-state index contributed by atoms with van der Waals surface area (Å²) in [4.78, 5) is 8.00. The van der Waals surface area contributed by atoms with Crippen LogP contribution in [0.5, 0.6) is 5.75 Å². The Morgan fingerprint density at radius 3 is 1.80 bits per heavy atom. The second kappa shape index (κ2) is 17.5. The Bertz CT molecular complexity index is 276. The number of aliphatic hydroxyl groups is 2. The molecule has 1 aliphatic heterocycles. The molecule has 0 saturated carbocycles. The van der Waals surface area contributed by atoms with Crippen molar-refractivity contribution >= 4 is 6.79 Å². The van der Waals surface area contributed by atoms with Crippen LogP contribution in [-0.2, 0) is 9.53 Å². The van der Waals surface area contributed by atoms with Crippen LogP contribution in [0.25, 0.3) is 0 Å². The number of ether oxygens (including phenoxy) is 1. The fraction of sp³-hybridized carbons (Fsp3) is 0.500. The number of rotatable bonds is 4. The molecule has 0 spiro atoms. The zero-order valence-electron chi connectivity index (χ0n) is 11.9. The van der Waals surface area contributed by atoms with Gasteiger partial charge in [-0.15, -0.1) is 0 Å². The number of nitrogens with one attached hydrogen (secondary N) is 1. The number of hydrogen-bond acceptors (Lipinski definition) is 6. The van der Waals surface area contributed by atoms with Gasteiger partial charge in [0.1, 0.15) is 12.5 Å². The number of benzene rings is 1. The lowest BCUT2D eigenvalue weighted by molar-refractivity contribution is -0.0979. The van der Waals surface area contributed by atoms with Crippen molar-refractivity contribution in [2.24, 2.45) is 0 Å². The van der Waals surface area contributed by atoms with Crippen LogP contribution < -0.4 is 5.32 Å². The summed E-state index contributed by atoms with van der Waals surface area (Å²) in [6, 6.07) is 8.71. The molecule has 116 valence electrons. The Morgan fingerprint density at radius 2 is 1.60 bits per heavy atom. The molecule has 1 heterocycles. The van der Waals surface area contributed by atoms with Gasteiger partial charge in [0.05, 0.1) is 25.9 Å². The first-order valence-corrected chi connectivity index (χ1v) is 6.27. The summed E-state index contributed by atoms with van der Waals surface area (Å²) in [5.41, 5.74) is 0. The fourth-order valence-electron chi connectivity index (χ4n) is 0.807. The Labute approximate surface area is 120 Å². The number of para-hydroxylation sites is 1. The third-order valence-corrected chi connectivity index (χ3v) is 1.83. The molecule has 6 heteroatoms. The summed E-state index contributed by atoms with van der Waals surface area (Å²) in [5.74, 6) is 0.322. The average Bonchev–Trinajstić information content (AvgIpc) is 3.26. The van der Waals surface area contributed by atoms with Gasteiger partial charge in [0.15, 0.2) is 0 Å². The molecule has 4 N–H and O–H groups in total. The first-order valence-electron chi connectivity index (χ1n) is 6.27. The van der Waals surface area contributed by atoms with E-state index in [4.69, 9.17) is 24.9 Å². The number of carbonyl (C=O) groups is 1. The van der Waals surface area contributed by atoms with Crippen molar-refractivity contribution in [1.82, 2.24) is 5.32 Å². The lowest BCUT2D eigenvalue weighted by Crippen LogP contribution is -2.21. The summed E-state index contributed by atoms with van der Waals surface area (Å²) in [7, 11) is 0. The highest BCUT2D eigenvalue weighted by Gasteiger charge is 2.13. The minimum Gasteiger partial charge on any atom is -0.508 e. The van der Waals surface area contributed by atoms with Crippen molar-refractivity contribution in [2.45, 2.75) is 13.0 Å². The minimum absolute atomic E-state index is 0.139. The Hall–Kier alpha value is -1.47. The molecule has 1 atom stereocenters. The SMILES string of the molecule is C=O.CC1CO1.OCCNCCO.Oc1ccccc1. The second-order valence-corrected chi connectivity index (χ2v) is 3.68. The number of hydrogen-bond donors (Lipinski definition) is 4. The van der Waals surface area contributed by atoms with Crippen molar-refractivity contribution in [3.8, 4) is 5.75 Å². The van der Waals surface area contributed by atoms with Crippen molar-refractivity contribution in [2.75, 3.05) is 32.9 Å². The zero-order chi connectivity index (χ0) is 15.6. The van der Waals surface area contributed by atoms with Gasteiger partial charge in [-0.2, -0.15) is 0 Å². The van der Waals surface area contributed by atoms with Crippen LogP contribution in [0.2, 0.25) is 0 Å². The van der Waals surface area contributed by atoms with E-state index in [1.54, 1.807) is 24.3 Å². The van der Waals surface area contributed by atoms with E-state index < -0.39 is 0 Å². The fourth-order valence-corrected chi connectivity index (χ4v) is 0.807. The quantitative estimate of drug-likeness (QED) is 0.465. The summed E-state index contributed by atoms with van der Waals surface area (Å²) in [6.07, 6.45) is 0.583. The van der Waals surface area contributed by atoms with E-state index >= 15 is 0 Å². The van der Waals surface area contributed by atoms with Crippen molar-refractivity contribution in [3.05, 3.63) is 30.3 Å². The van der Waals surface area contributed by atoms with Gasteiger partial charge in [0, 0.05) is 13.1 Å². The van der Waals surface area contributed by atoms with E-state index in [0.717, 1.165) is 6.61 Å².